The van der Waals surface area contributed by atoms with Crippen LogP contribution in [0.1, 0.15) is 13.8 Å². The van der Waals surface area contributed by atoms with Crippen LogP contribution in [0.4, 0.5) is 0 Å². The minimum absolute atomic E-state index is 0.207. The van der Waals surface area contributed by atoms with Crippen LogP contribution in [0.3, 0.4) is 0 Å². The Balaban J connectivity index is 3.28. The van der Waals surface area contributed by atoms with Crippen molar-refractivity contribution in [2.75, 3.05) is 26.0 Å². The number of hydrogen-bond donors (Lipinski definition) is 1. The van der Waals surface area contributed by atoms with Crippen molar-refractivity contribution < 1.29 is 4.74 Å². The average Bonchev–Trinajstić information content (AvgIpc) is 1.89. The molecular weight excluding hydrogens is 146 g/mol. The predicted molar refractivity (Wildman–Crippen MR) is 47.5 cm³/mol. The van der Waals surface area contributed by atoms with Crippen LogP contribution >= 0.6 is 11.8 Å². The number of nitrogens with two attached hydrogens (primary N) is 1. The first-order valence-electron chi connectivity index (χ1n) is 3.45. The Morgan fingerprint density at radius 2 is 2.10 bits per heavy atom. The summed E-state index contributed by atoms with van der Waals surface area (Å²) in [4.78, 5) is 0. The fourth-order valence-electron chi connectivity index (χ4n) is 0.460. The van der Waals surface area contributed by atoms with Crippen molar-refractivity contribution >= 4 is 11.8 Å². The summed E-state index contributed by atoms with van der Waals surface area (Å²) >= 11 is 1.85. The van der Waals surface area contributed by atoms with Crippen molar-refractivity contribution in [1.29, 1.82) is 0 Å². The summed E-state index contributed by atoms with van der Waals surface area (Å²) in [6.45, 7) is 5.83. The molecule has 0 atom stereocenters. The van der Waals surface area contributed by atoms with E-state index in [0.717, 1.165) is 18.9 Å². The van der Waals surface area contributed by atoms with Crippen molar-refractivity contribution in [3.05, 3.63) is 0 Å². The maximum absolute atomic E-state index is 5.53. The molecule has 0 fully saturated rings. The van der Waals surface area contributed by atoms with Gasteiger partial charge in [-0.05, 0) is 13.8 Å². The third-order valence-electron chi connectivity index (χ3n) is 1.27. The summed E-state index contributed by atoms with van der Waals surface area (Å²) in [5.41, 5.74) is 5.53. The van der Waals surface area contributed by atoms with E-state index in [4.69, 9.17) is 10.5 Å². The van der Waals surface area contributed by atoms with Crippen LogP contribution in [-0.2, 0) is 4.74 Å². The normalized spacial score (nSPS) is 12.0. The molecule has 0 aliphatic rings. The van der Waals surface area contributed by atoms with Crippen molar-refractivity contribution in [3.8, 4) is 0 Å². The molecule has 0 aromatic heterocycles. The predicted octanol–water partition coefficient (Wildman–Crippen LogP) is 1.10. The van der Waals surface area contributed by atoms with Gasteiger partial charge in [0.25, 0.3) is 0 Å². The van der Waals surface area contributed by atoms with Gasteiger partial charge < -0.3 is 10.5 Å². The maximum atomic E-state index is 5.53. The van der Waals surface area contributed by atoms with Crippen molar-refractivity contribution in [3.63, 3.8) is 0 Å². The van der Waals surface area contributed by atoms with E-state index in [1.807, 2.05) is 11.8 Å². The number of methoxy groups -OCH3 is 1. The monoisotopic (exact) mass is 163 g/mol. The molecule has 10 heavy (non-hydrogen) atoms. The fourth-order valence-corrected chi connectivity index (χ4v) is 1.38. The zero-order valence-electron chi connectivity index (χ0n) is 7.02. The zero-order valence-corrected chi connectivity index (χ0v) is 7.83. The van der Waals surface area contributed by atoms with Gasteiger partial charge in [0.15, 0.2) is 0 Å². The second-order valence-corrected chi connectivity index (χ2v) is 4.61. The lowest BCUT2D eigenvalue weighted by Gasteiger charge is -2.20. The van der Waals surface area contributed by atoms with Gasteiger partial charge in [-0.15, -0.1) is 0 Å². The Labute approximate surface area is 67.5 Å². The number of rotatable bonds is 5. The van der Waals surface area contributed by atoms with E-state index in [2.05, 4.69) is 13.8 Å². The van der Waals surface area contributed by atoms with Gasteiger partial charge in [0.1, 0.15) is 0 Å². The Hall–Kier alpha value is 0.270. The first kappa shape index (κ1) is 10.3. The Morgan fingerprint density at radius 3 is 2.50 bits per heavy atom. The Morgan fingerprint density at radius 1 is 1.50 bits per heavy atom. The van der Waals surface area contributed by atoms with E-state index in [1.165, 1.54) is 0 Å². The van der Waals surface area contributed by atoms with Crippen LogP contribution in [0, 0.1) is 0 Å². The minimum atomic E-state index is 0.207. The van der Waals surface area contributed by atoms with Crippen LogP contribution in [-0.4, -0.2) is 30.8 Å². The first-order chi connectivity index (χ1) is 4.62. The molecule has 0 bridgehead atoms. The molecule has 0 amide bonds. The van der Waals surface area contributed by atoms with E-state index in [-0.39, 0.29) is 4.75 Å². The van der Waals surface area contributed by atoms with Gasteiger partial charge in [0.05, 0.1) is 6.61 Å². The van der Waals surface area contributed by atoms with E-state index < -0.39 is 0 Å². The standard InChI is InChI=1S/C7H17NOS/c1-7(2,6-8)10-5-4-9-3/h4-6,8H2,1-3H3. The minimum Gasteiger partial charge on any atom is -0.384 e. The summed E-state index contributed by atoms with van der Waals surface area (Å²) in [6.07, 6.45) is 0. The van der Waals surface area contributed by atoms with E-state index in [9.17, 15) is 0 Å². The number of hydrogen-bond acceptors (Lipinski definition) is 3. The smallest absolute Gasteiger partial charge is 0.0553 e. The molecule has 0 rings (SSSR count). The molecule has 0 aliphatic heterocycles. The molecule has 0 spiro atoms. The molecule has 2 nitrogen and oxygen atoms in total. The van der Waals surface area contributed by atoms with Crippen molar-refractivity contribution in [2.45, 2.75) is 18.6 Å². The SMILES string of the molecule is COCCSC(C)(C)CN. The highest BCUT2D eigenvalue weighted by Crippen LogP contribution is 2.21. The number of ether oxygens (including phenoxy) is 1. The molecule has 62 valence electrons. The molecule has 0 heterocycles. The van der Waals surface area contributed by atoms with E-state index >= 15 is 0 Å². The van der Waals surface area contributed by atoms with E-state index in [1.54, 1.807) is 7.11 Å². The van der Waals surface area contributed by atoms with Gasteiger partial charge in [-0.3, -0.25) is 0 Å². The van der Waals surface area contributed by atoms with E-state index in [0.29, 0.717) is 0 Å². The van der Waals surface area contributed by atoms with Crippen LogP contribution in [0.5, 0.6) is 0 Å². The van der Waals surface area contributed by atoms with Crippen LogP contribution < -0.4 is 5.73 Å². The molecular formula is C7H17NOS. The summed E-state index contributed by atoms with van der Waals surface area (Å²) in [7, 11) is 1.72. The molecule has 0 saturated heterocycles. The lowest BCUT2D eigenvalue weighted by molar-refractivity contribution is 0.218. The molecule has 0 saturated carbocycles. The van der Waals surface area contributed by atoms with Gasteiger partial charge in [0, 0.05) is 24.2 Å². The van der Waals surface area contributed by atoms with Crippen molar-refractivity contribution in [1.82, 2.24) is 0 Å². The fraction of sp³-hybridized carbons (Fsp3) is 1.00. The molecule has 3 heteroatoms. The third-order valence-corrected chi connectivity index (χ3v) is 2.59. The molecule has 0 radical (unpaired) electrons. The number of thioether (sulfide) groups is 1. The largest absolute Gasteiger partial charge is 0.384 e. The highest BCUT2D eigenvalue weighted by atomic mass is 32.2. The van der Waals surface area contributed by atoms with Gasteiger partial charge >= 0.3 is 0 Å². The van der Waals surface area contributed by atoms with Crippen molar-refractivity contribution in [2.24, 2.45) is 5.73 Å². The second kappa shape index (κ2) is 4.99. The quantitative estimate of drug-likeness (QED) is 0.616. The Kier molecular flexibility index (Phi) is 5.13. The van der Waals surface area contributed by atoms with Gasteiger partial charge in [-0.1, -0.05) is 0 Å². The second-order valence-electron chi connectivity index (χ2n) is 2.81. The zero-order chi connectivity index (χ0) is 8.04. The highest BCUT2D eigenvalue weighted by Gasteiger charge is 2.14. The topological polar surface area (TPSA) is 35.2 Å². The van der Waals surface area contributed by atoms with Crippen LogP contribution in [0.25, 0.3) is 0 Å². The van der Waals surface area contributed by atoms with Gasteiger partial charge in [-0.25, -0.2) is 0 Å². The lowest BCUT2D eigenvalue weighted by atomic mass is 10.2. The molecule has 2 N–H and O–H groups in total. The summed E-state index contributed by atoms with van der Waals surface area (Å²) in [5, 5.41) is 0. The summed E-state index contributed by atoms with van der Waals surface area (Å²) in [5.74, 6) is 1.03. The highest BCUT2D eigenvalue weighted by molar-refractivity contribution is 8.00. The lowest BCUT2D eigenvalue weighted by Crippen LogP contribution is -2.27. The third kappa shape index (κ3) is 5.09. The first-order valence-corrected chi connectivity index (χ1v) is 4.44. The summed E-state index contributed by atoms with van der Waals surface area (Å²) < 4.78 is 5.13. The van der Waals surface area contributed by atoms with Gasteiger partial charge in [0.2, 0.25) is 0 Å². The molecule has 0 aromatic rings. The Bertz CT molecular complexity index is 85.7. The maximum Gasteiger partial charge on any atom is 0.0553 e. The molecule has 0 aliphatic carbocycles. The van der Waals surface area contributed by atoms with Crippen LogP contribution in [0.15, 0.2) is 0 Å². The van der Waals surface area contributed by atoms with Gasteiger partial charge in [-0.2, -0.15) is 11.8 Å². The molecule has 0 unspecified atom stereocenters. The molecule has 0 aromatic carbocycles. The summed E-state index contributed by atoms with van der Waals surface area (Å²) in [6, 6.07) is 0. The van der Waals surface area contributed by atoms with Crippen LogP contribution in [0.2, 0.25) is 0 Å². The average molecular weight is 163 g/mol.